The highest BCUT2D eigenvalue weighted by molar-refractivity contribution is 7.89. The summed E-state index contributed by atoms with van der Waals surface area (Å²) in [6, 6.07) is 0. The molecule has 0 spiro atoms. The molecule has 0 aromatic heterocycles. The van der Waals surface area contributed by atoms with Crippen molar-refractivity contribution in [1.29, 1.82) is 0 Å². The van der Waals surface area contributed by atoms with Crippen LogP contribution in [0, 0.1) is 0 Å². The molecule has 0 saturated heterocycles. The predicted octanol–water partition coefficient (Wildman–Crippen LogP) is 0.787. The molecular weight excluding hydrogens is 196 g/mol. The van der Waals surface area contributed by atoms with Gasteiger partial charge in [-0.15, -0.1) is 0 Å². The number of hydrogen-bond acceptors (Lipinski definition) is 3. The van der Waals surface area contributed by atoms with Crippen LogP contribution in [0.3, 0.4) is 0 Å². The van der Waals surface area contributed by atoms with E-state index in [1.165, 1.54) is 0 Å². The maximum absolute atomic E-state index is 10.7. The zero-order chi connectivity index (χ0) is 10.1. The molecule has 1 aliphatic carbocycles. The van der Waals surface area contributed by atoms with Crippen molar-refractivity contribution in [2.45, 2.75) is 25.7 Å². The van der Waals surface area contributed by atoms with Crippen LogP contribution in [-0.4, -0.2) is 24.0 Å². The molecule has 0 fully saturated rings. The van der Waals surface area contributed by atoms with Gasteiger partial charge in [-0.3, -0.25) is 4.55 Å². The molecule has 0 radical (unpaired) electrons. The Balaban J connectivity index is 3.20. The zero-order valence-corrected chi connectivity index (χ0v) is 7.67. The van der Waals surface area contributed by atoms with Crippen molar-refractivity contribution < 1.29 is 22.9 Å². The number of carboxylic acid groups (broad SMARTS) is 1. The van der Waals surface area contributed by atoms with Crippen LogP contribution in [0.1, 0.15) is 25.7 Å². The largest absolute Gasteiger partial charge is 0.478 e. The van der Waals surface area contributed by atoms with Gasteiger partial charge in [0.15, 0.2) is 0 Å². The van der Waals surface area contributed by atoms with Gasteiger partial charge in [-0.2, -0.15) is 8.42 Å². The van der Waals surface area contributed by atoms with E-state index in [1.54, 1.807) is 0 Å². The van der Waals surface area contributed by atoms with Crippen LogP contribution in [0.2, 0.25) is 0 Å². The van der Waals surface area contributed by atoms with E-state index < -0.39 is 16.1 Å². The zero-order valence-electron chi connectivity index (χ0n) is 6.86. The number of hydrogen-bond donors (Lipinski definition) is 2. The third kappa shape index (κ3) is 2.28. The van der Waals surface area contributed by atoms with Gasteiger partial charge < -0.3 is 5.11 Å². The van der Waals surface area contributed by atoms with Crippen molar-refractivity contribution in [1.82, 2.24) is 0 Å². The summed E-state index contributed by atoms with van der Waals surface area (Å²) in [7, 11) is -4.32. The van der Waals surface area contributed by atoms with Crippen LogP contribution in [0.15, 0.2) is 10.5 Å². The SMILES string of the molecule is O=C(O)C1=C(S(=O)(=O)O)CCCC1. The van der Waals surface area contributed by atoms with E-state index in [-0.39, 0.29) is 23.3 Å². The molecule has 74 valence electrons. The van der Waals surface area contributed by atoms with Gasteiger partial charge in [-0.25, -0.2) is 4.79 Å². The summed E-state index contributed by atoms with van der Waals surface area (Å²) in [5.41, 5.74) is -0.172. The summed E-state index contributed by atoms with van der Waals surface area (Å²) in [5.74, 6) is -1.26. The summed E-state index contributed by atoms with van der Waals surface area (Å²) in [5, 5.41) is 8.64. The molecule has 0 saturated carbocycles. The first-order chi connectivity index (χ1) is 5.93. The Morgan fingerprint density at radius 2 is 1.77 bits per heavy atom. The molecule has 0 aromatic carbocycles. The van der Waals surface area contributed by atoms with Gasteiger partial charge in [0, 0.05) is 0 Å². The minimum Gasteiger partial charge on any atom is -0.478 e. The highest BCUT2D eigenvalue weighted by Crippen LogP contribution is 2.27. The van der Waals surface area contributed by atoms with Gasteiger partial charge in [-0.05, 0) is 25.7 Å². The summed E-state index contributed by atoms with van der Waals surface area (Å²) in [6.07, 6.45) is 1.59. The van der Waals surface area contributed by atoms with E-state index >= 15 is 0 Å². The average Bonchev–Trinajstić information content (AvgIpc) is 2.03. The number of carboxylic acids is 1. The molecule has 2 N–H and O–H groups in total. The molecule has 0 heterocycles. The maximum atomic E-state index is 10.7. The third-order valence-electron chi connectivity index (χ3n) is 1.99. The van der Waals surface area contributed by atoms with E-state index in [0.717, 1.165) is 0 Å². The van der Waals surface area contributed by atoms with Crippen molar-refractivity contribution in [3.8, 4) is 0 Å². The molecule has 6 heteroatoms. The molecule has 0 aromatic rings. The second kappa shape index (κ2) is 3.47. The van der Waals surface area contributed by atoms with Crippen molar-refractivity contribution in [3.63, 3.8) is 0 Å². The highest BCUT2D eigenvalue weighted by Gasteiger charge is 2.26. The monoisotopic (exact) mass is 206 g/mol. The Labute approximate surface area is 75.8 Å². The van der Waals surface area contributed by atoms with Crippen molar-refractivity contribution in [3.05, 3.63) is 10.5 Å². The number of allylic oxidation sites excluding steroid dienone is 1. The fourth-order valence-electron chi connectivity index (χ4n) is 1.39. The summed E-state index contributed by atoms with van der Waals surface area (Å²) < 4.78 is 30.2. The normalized spacial score (nSPS) is 18.8. The Morgan fingerprint density at radius 3 is 2.15 bits per heavy atom. The molecule has 0 unspecified atom stereocenters. The van der Waals surface area contributed by atoms with Gasteiger partial charge >= 0.3 is 5.97 Å². The first-order valence-electron chi connectivity index (χ1n) is 3.85. The molecule has 1 aliphatic rings. The number of rotatable bonds is 2. The van der Waals surface area contributed by atoms with Crippen LogP contribution in [0.5, 0.6) is 0 Å². The summed E-state index contributed by atoms with van der Waals surface area (Å²) in [4.78, 5) is 10.3. The molecule has 0 atom stereocenters. The Morgan fingerprint density at radius 1 is 1.23 bits per heavy atom. The van der Waals surface area contributed by atoms with Crippen molar-refractivity contribution in [2.75, 3.05) is 0 Å². The fourth-order valence-corrected chi connectivity index (χ4v) is 2.29. The molecule has 0 aliphatic heterocycles. The molecule has 1 rings (SSSR count). The average molecular weight is 206 g/mol. The quantitative estimate of drug-likeness (QED) is 0.651. The van der Waals surface area contributed by atoms with Gasteiger partial charge in [0.05, 0.1) is 10.5 Å². The lowest BCUT2D eigenvalue weighted by atomic mass is 9.99. The molecule has 0 amide bonds. The fraction of sp³-hybridized carbons (Fsp3) is 0.571. The Kier molecular flexibility index (Phi) is 2.72. The minimum absolute atomic E-state index is 0.125. The lowest BCUT2D eigenvalue weighted by Gasteiger charge is -2.14. The number of aliphatic carboxylic acids is 1. The Bertz CT molecular complexity index is 351. The molecule has 0 bridgehead atoms. The maximum Gasteiger partial charge on any atom is 0.332 e. The van der Waals surface area contributed by atoms with E-state index in [0.29, 0.717) is 12.8 Å². The Hall–Kier alpha value is -0.880. The number of carbonyl (C=O) groups is 1. The van der Waals surface area contributed by atoms with Gasteiger partial charge in [-0.1, -0.05) is 0 Å². The first kappa shape index (κ1) is 10.2. The second-order valence-corrected chi connectivity index (χ2v) is 4.33. The summed E-state index contributed by atoms with van der Waals surface area (Å²) >= 11 is 0. The summed E-state index contributed by atoms with van der Waals surface area (Å²) in [6.45, 7) is 0. The van der Waals surface area contributed by atoms with Crippen molar-refractivity contribution >= 4 is 16.1 Å². The van der Waals surface area contributed by atoms with Crippen LogP contribution in [0.25, 0.3) is 0 Å². The van der Waals surface area contributed by atoms with Gasteiger partial charge in [0.25, 0.3) is 10.1 Å². The van der Waals surface area contributed by atoms with E-state index in [9.17, 15) is 13.2 Å². The standard InChI is InChI=1S/C7H10O5S/c8-7(9)5-3-1-2-4-6(5)13(10,11)12/h1-4H2,(H,8,9)(H,10,11,12). The van der Waals surface area contributed by atoms with Crippen molar-refractivity contribution in [2.24, 2.45) is 0 Å². The second-order valence-electron chi connectivity index (χ2n) is 2.89. The van der Waals surface area contributed by atoms with Crippen LogP contribution >= 0.6 is 0 Å². The lowest BCUT2D eigenvalue weighted by Crippen LogP contribution is -2.15. The predicted molar refractivity (Wildman–Crippen MR) is 44.7 cm³/mol. The smallest absolute Gasteiger partial charge is 0.332 e. The lowest BCUT2D eigenvalue weighted by molar-refractivity contribution is -0.132. The van der Waals surface area contributed by atoms with Crippen LogP contribution in [0.4, 0.5) is 0 Å². The van der Waals surface area contributed by atoms with Gasteiger partial charge in [0.1, 0.15) is 0 Å². The molecule has 13 heavy (non-hydrogen) atoms. The third-order valence-corrected chi connectivity index (χ3v) is 3.06. The topological polar surface area (TPSA) is 91.7 Å². The molecule has 5 nitrogen and oxygen atoms in total. The van der Waals surface area contributed by atoms with E-state index in [1.807, 2.05) is 0 Å². The molecular formula is C7H10O5S. The van der Waals surface area contributed by atoms with Crippen LogP contribution in [-0.2, 0) is 14.9 Å². The van der Waals surface area contributed by atoms with Crippen LogP contribution < -0.4 is 0 Å². The van der Waals surface area contributed by atoms with Gasteiger partial charge in [0.2, 0.25) is 0 Å². The minimum atomic E-state index is -4.32. The van der Waals surface area contributed by atoms with E-state index in [4.69, 9.17) is 9.66 Å². The van der Waals surface area contributed by atoms with E-state index in [2.05, 4.69) is 0 Å². The first-order valence-corrected chi connectivity index (χ1v) is 5.29. The highest BCUT2D eigenvalue weighted by atomic mass is 32.2.